The maximum atomic E-state index is 14.1. The molecule has 1 aliphatic rings. The molecule has 1 N–H and O–H groups in total. The molecule has 0 spiro atoms. The third-order valence-corrected chi connectivity index (χ3v) is 6.88. The van der Waals surface area contributed by atoms with Crippen LogP contribution in [0.1, 0.15) is 43.3 Å². The number of halogens is 6. The van der Waals surface area contributed by atoms with Crippen molar-refractivity contribution in [1.29, 1.82) is 0 Å². The predicted octanol–water partition coefficient (Wildman–Crippen LogP) is 6.42. The van der Waals surface area contributed by atoms with Gasteiger partial charge in [0.1, 0.15) is 11.9 Å². The first-order valence-corrected chi connectivity index (χ1v) is 12.2. The number of ether oxygens (including phenoxy) is 1. The minimum atomic E-state index is -4.85. The summed E-state index contributed by atoms with van der Waals surface area (Å²) < 4.78 is 62.4. The monoisotopic (exact) mass is 554 g/mol. The van der Waals surface area contributed by atoms with Gasteiger partial charge in [0.2, 0.25) is 11.7 Å². The molecule has 1 saturated heterocycles. The van der Waals surface area contributed by atoms with Gasteiger partial charge in [0.15, 0.2) is 5.65 Å². The van der Waals surface area contributed by atoms with Gasteiger partial charge in [-0.05, 0) is 51.1 Å². The van der Waals surface area contributed by atoms with Crippen LogP contribution in [0.3, 0.4) is 0 Å². The minimum Gasteiger partial charge on any atom is -0.469 e. The number of aromatic nitrogens is 5. The van der Waals surface area contributed by atoms with Crippen molar-refractivity contribution in [2.45, 2.75) is 38.1 Å². The van der Waals surface area contributed by atoms with Crippen molar-refractivity contribution in [3.8, 4) is 17.0 Å². The fraction of sp³-hybridized carbons (Fsp3) is 0.333. The molecule has 1 aromatic carbocycles. The molecule has 0 saturated carbocycles. The van der Waals surface area contributed by atoms with Crippen LogP contribution in [0.5, 0.6) is 5.88 Å². The molecule has 194 valence electrons. The zero-order valence-corrected chi connectivity index (χ0v) is 20.9. The van der Waals surface area contributed by atoms with E-state index in [0.717, 1.165) is 37.6 Å². The molecule has 37 heavy (non-hydrogen) atoms. The van der Waals surface area contributed by atoms with Crippen LogP contribution in [0.4, 0.5) is 17.6 Å². The maximum Gasteiger partial charge on any atom is 0.451 e. The third-order valence-electron chi connectivity index (χ3n) is 6.16. The van der Waals surface area contributed by atoms with Crippen molar-refractivity contribution in [2.24, 2.45) is 0 Å². The lowest BCUT2D eigenvalue weighted by molar-refractivity contribution is -0.145. The second kappa shape index (κ2) is 10.0. The Bertz CT molecular complexity index is 1460. The van der Waals surface area contributed by atoms with Crippen LogP contribution < -0.4 is 10.1 Å². The van der Waals surface area contributed by atoms with E-state index in [9.17, 15) is 17.6 Å². The SMILES string of the molecule is C[C@@H](Oc1nc(C(F)(F)F)nc2ncc(-c3cnn(C4CCNCC4)c3)cc12)c1c(Cl)ccc(F)c1Cl. The molecular weight excluding hydrogens is 535 g/mol. The first kappa shape index (κ1) is 25.6. The van der Waals surface area contributed by atoms with Crippen molar-refractivity contribution in [3.05, 3.63) is 64.0 Å². The zero-order chi connectivity index (χ0) is 26.3. The highest BCUT2D eigenvalue weighted by Crippen LogP contribution is 2.38. The van der Waals surface area contributed by atoms with Crippen molar-refractivity contribution >= 4 is 34.2 Å². The maximum absolute atomic E-state index is 14.1. The summed E-state index contributed by atoms with van der Waals surface area (Å²) in [5.74, 6) is -2.55. The molecule has 0 unspecified atom stereocenters. The number of alkyl halides is 3. The van der Waals surface area contributed by atoms with E-state index in [1.54, 1.807) is 12.3 Å². The molecule has 0 aliphatic carbocycles. The summed E-state index contributed by atoms with van der Waals surface area (Å²) in [7, 11) is 0. The van der Waals surface area contributed by atoms with E-state index in [4.69, 9.17) is 27.9 Å². The van der Waals surface area contributed by atoms with Gasteiger partial charge >= 0.3 is 6.18 Å². The Morgan fingerprint density at radius 1 is 1.11 bits per heavy atom. The second-order valence-corrected chi connectivity index (χ2v) is 9.44. The number of hydrogen-bond donors (Lipinski definition) is 1. The first-order valence-electron chi connectivity index (χ1n) is 11.4. The lowest BCUT2D eigenvalue weighted by Gasteiger charge is -2.22. The molecule has 4 aromatic rings. The van der Waals surface area contributed by atoms with Crippen LogP contribution in [-0.2, 0) is 6.18 Å². The van der Waals surface area contributed by atoms with Gasteiger partial charge in [-0.15, -0.1) is 0 Å². The molecule has 0 bridgehead atoms. The molecule has 1 atom stereocenters. The van der Waals surface area contributed by atoms with Gasteiger partial charge < -0.3 is 10.1 Å². The van der Waals surface area contributed by atoms with Crippen LogP contribution in [-0.4, -0.2) is 37.8 Å². The number of pyridine rings is 1. The fourth-order valence-electron chi connectivity index (χ4n) is 4.26. The summed E-state index contributed by atoms with van der Waals surface area (Å²) >= 11 is 12.3. The average molecular weight is 555 g/mol. The van der Waals surface area contributed by atoms with Gasteiger partial charge in [-0.3, -0.25) is 4.68 Å². The van der Waals surface area contributed by atoms with Crippen LogP contribution in [0.2, 0.25) is 10.0 Å². The molecule has 5 rings (SSSR count). The van der Waals surface area contributed by atoms with E-state index in [1.165, 1.54) is 19.2 Å². The molecule has 0 radical (unpaired) electrons. The number of benzene rings is 1. The van der Waals surface area contributed by atoms with Gasteiger partial charge in [-0.1, -0.05) is 23.2 Å². The smallest absolute Gasteiger partial charge is 0.451 e. The number of rotatable bonds is 5. The Morgan fingerprint density at radius 2 is 1.86 bits per heavy atom. The summed E-state index contributed by atoms with van der Waals surface area (Å²) in [6.07, 6.45) is 0.955. The van der Waals surface area contributed by atoms with E-state index in [1.807, 2.05) is 10.9 Å². The molecule has 3 aromatic heterocycles. The number of nitrogens with zero attached hydrogens (tertiary/aromatic N) is 5. The van der Waals surface area contributed by atoms with Crippen molar-refractivity contribution in [2.75, 3.05) is 13.1 Å². The van der Waals surface area contributed by atoms with E-state index < -0.39 is 23.9 Å². The Balaban J connectivity index is 1.56. The Kier molecular flexibility index (Phi) is 6.95. The highest BCUT2D eigenvalue weighted by Gasteiger charge is 2.36. The largest absolute Gasteiger partial charge is 0.469 e. The Hall–Kier alpha value is -3.02. The molecular formula is C24H20Cl2F4N6O. The minimum absolute atomic E-state index is 0.0796. The van der Waals surface area contributed by atoms with Gasteiger partial charge in [0.05, 0.1) is 22.6 Å². The molecule has 1 fully saturated rings. The zero-order valence-electron chi connectivity index (χ0n) is 19.4. The first-order chi connectivity index (χ1) is 17.6. The van der Waals surface area contributed by atoms with Gasteiger partial charge in [0.25, 0.3) is 0 Å². The summed E-state index contributed by atoms with van der Waals surface area (Å²) in [6.45, 7) is 3.27. The van der Waals surface area contributed by atoms with Crippen molar-refractivity contribution < 1.29 is 22.3 Å². The summed E-state index contributed by atoms with van der Waals surface area (Å²) in [6, 6.07) is 4.21. The third kappa shape index (κ3) is 5.21. The Morgan fingerprint density at radius 3 is 2.59 bits per heavy atom. The van der Waals surface area contributed by atoms with Crippen LogP contribution in [0, 0.1) is 5.82 Å². The highest BCUT2D eigenvalue weighted by atomic mass is 35.5. The van der Waals surface area contributed by atoms with Crippen LogP contribution >= 0.6 is 23.2 Å². The molecule has 0 amide bonds. The number of hydrogen-bond acceptors (Lipinski definition) is 6. The number of fused-ring (bicyclic) bond motifs is 1. The summed E-state index contributed by atoms with van der Waals surface area (Å²) in [5.41, 5.74) is 1.19. The van der Waals surface area contributed by atoms with Crippen molar-refractivity contribution in [3.63, 3.8) is 0 Å². The average Bonchev–Trinajstić information content (AvgIpc) is 3.37. The fourth-order valence-corrected chi connectivity index (χ4v) is 4.94. The standard InChI is InChI=1S/C24H20Cl2F4N6O/c1-12(19-17(25)2-3-18(27)20(19)26)37-22-16-8-13(9-32-21(16)34-23(35-22)24(28,29)30)14-10-33-36(11-14)15-4-6-31-7-5-15/h2-3,8-12,15,31H,4-7H2,1H3/t12-/m1/s1. The van der Waals surface area contributed by atoms with Crippen LogP contribution in [0.15, 0.2) is 36.8 Å². The lowest BCUT2D eigenvalue weighted by atomic mass is 10.1. The van der Waals surface area contributed by atoms with E-state index >= 15 is 0 Å². The number of nitrogens with one attached hydrogen (secondary N) is 1. The Labute approximate surface area is 218 Å². The van der Waals surface area contributed by atoms with Crippen LogP contribution in [0.25, 0.3) is 22.2 Å². The lowest BCUT2D eigenvalue weighted by Crippen LogP contribution is -2.29. The normalized spacial score (nSPS) is 15.8. The van der Waals surface area contributed by atoms with E-state index in [2.05, 4.69) is 25.4 Å². The quantitative estimate of drug-likeness (QED) is 0.226. The van der Waals surface area contributed by atoms with Gasteiger partial charge in [0, 0.05) is 34.1 Å². The van der Waals surface area contributed by atoms with E-state index in [-0.39, 0.29) is 38.6 Å². The number of piperidine rings is 1. The topological polar surface area (TPSA) is 77.8 Å². The summed E-state index contributed by atoms with van der Waals surface area (Å²) in [4.78, 5) is 11.4. The molecule has 1 aliphatic heterocycles. The molecule has 13 heteroatoms. The highest BCUT2D eigenvalue weighted by molar-refractivity contribution is 6.36. The second-order valence-electron chi connectivity index (χ2n) is 8.65. The molecule has 7 nitrogen and oxygen atoms in total. The predicted molar refractivity (Wildman–Crippen MR) is 130 cm³/mol. The van der Waals surface area contributed by atoms with Crippen molar-refractivity contribution in [1.82, 2.24) is 30.0 Å². The summed E-state index contributed by atoms with van der Waals surface area (Å²) in [5, 5.41) is 7.71. The van der Waals surface area contributed by atoms with Gasteiger partial charge in [-0.2, -0.15) is 23.3 Å². The van der Waals surface area contributed by atoms with Gasteiger partial charge in [-0.25, -0.2) is 14.4 Å². The van der Waals surface area contributed by atoms with E-state index in [0.29, 0.717) is 5.56 Å². The molecule has 4 heterocycles.